The van der Waals surface area contributed by atoms with E-state index in [1.165, 1.54) is 11.1 Å². The number of fused-ring (bicyclic) bond motifs is 1. The largest absolute Gasteiger partial charge is 0.456 e. The third kappa shape index (κ3) is 4.48. The van der Waals surface area contributed by atoms with Crippen molar-refractivity contribution in [1.82, 2.24) is 5.06 Å². The van der Waals surface area contributed by atoms with Crippen molar-refractivity contribution in [1.29, 1.82) is 0 Å². The minimum atomic E-state index is -0.286. The predicted octanol–water partition coefficient (Wildman–Crippen LogP) is 6.84. The molecule has 2 aromatic carbocycles. The van der Waals surface area contributed by atoms with Crippen LogP contribution in [0.25, 0.3) is 0 Å². The molecule has 0 saturated heterocycles. The van der Waals surface area contributed by atoms with E-state index in [2.05, 4.69) is 77.8 Å². The molecule has 0 amide bonds. The van der Waals surface area contributed by atoms with Gasteiger partial charge >= 0.3 is 5.97 Å². The highest BCUT2D eigenvalue weighted by atomic mass is 16.7. The first-order valence-corrected chi connectivity index (χ1v) is 12.3. The number of rotatable bonds is 4. The van der Waals surface area contributed by atoms with Gasteiger partial charge in [-0.2, -0.15) is 5.06 Å². The van der Waals surface area contributed by atoms with Gasteiger partial charge in [0.1, 0.15) is 12.2 Å². The highest BCUT2D eigenvalue weighted by Gasteiger charge is 2.52. The molecule has 33 heavy (non-hydrogen) atoms. The van der Waals surface area contributed by atoms with Gasteiger partial charge in [0.15, 0.2) is 0 Å². The minimum absolute atomic E-state index is 0.158. The van der Waals surface area contributed by atoms with Crippen molar-refractivity contribution < 1.29 is 14.4 Å². The van der Waals surface area contributed by atoms with Crippen LogP contribution < -0.4 is 0 Å². The molecule has 1 heterocycles. The fraction of sp³-hybridized carbons (Fsp3) is 0.552. The molecule has 178 valence electrons. The van der Waals surface area contributed by atoms with Crippen LogP contribution in [0.2, 0.25) is 0 Å². The SMILES string of the molecule is CC(C)(C)[C@H]1CC[C@@H](ON2C(C)(C)c3ccccc3C2(C)C)[C@H](OC(=O)c2ccccc2)C1. The van der Waals surface area contributed by atoms with Gasteiger partial charge in [0, 0.05) is 0 Å². The van der Waals surface area contributed by atoms with E-state index in [0.29, 0.717) is 11.5 Å². The van der Waals surface area contributed by atoms with Gasteiger partial charge in [0.05, 0.1) is 16.6 Å². The lowest BCUT2D eigenvalue weighted by molar-refractivity contribution is -0.308. The molecule has 0 unspecified atom stereocenters. The van der Waals surface area contributed by atoms with Gasteiger partial charge in [-0.05, 0) is 81.5 Å². The summed E-state index contributed by atoms with van der Waals surface area (Å²) >= 11 is 0. The second kappa shape index (κ2) is 8.56. The maximum Gasteiger partial charge on any atom is 0.338 e. The molecule has 1 aliphatic heterocycles. The van der Waals surface area contributed by atoms with Crippen LogP contribution in [0, 0.1) is 11.3 Å². The molecular weight excluding hydrogens is 410 g/mol. The minimum Gasteiger partial charge on any atom is -0.456 e. The second-order valence-corrected chi connectivity index (χ2v) is 11.8. The summed E-state index contributed by atoms with van der Waals surface area (Å²) in [6, 6.07) is 17.9. The molecule has 0 bridgehead atoms. The lowest BCUT2D eigenvalue weighted by atomic mass is 9.71. The lowest BCUT2D eigenvalue weighted by Gasteiger charge is -2.46. The monoisotopic (exact) mass is 449 g/mol. The summed E-state index contributed by atoms with van der Waals surface area (Å²) in [6.07, 6.45) is 2.28. The molecule has 1 fully saturated rings. The molecule has 0 aromatic heterocycles. The van der Waals surface area contributed by atoms with Crippen molar-refractivity contribution in [2.75, 3.05) is 0 Å². The quantitative estimate of drug-likeness (QED) is 0.479. The molecule has 4 nitrogen and oxygen atoms in total. The number of carbonyl (C=O) groups is 1. The third-order valence-corrected chi connectivity index (χ3v) is 7.73. The third-order valence-electron chi connectivity index (χ3n) is 7.73. The normalized spacial score (nSPS) is 26.6. The molecule has 1 aliphatic carbocycles. The second-order valence-electron chi connectivity index (χ2n) is 11.8. The Labute approximate surface area is 199 Å². The first kappa shape index (κ1) is 24.0. The first-order chi connectivity index (χ1) is 15.4. The zero-order valence-electron chi connectivity index (χ0n) is 21.2. The van der Waals surface area contributed by atoms with E-state index in [4.69, 9.17) is 9.57 Å². The molecule has 0 spiro atoms. The van der Waals surface area contributed by atoms with Crippen LogP contribution in [0.1, 0.15) is 89.2 Å². The van der Waals surface area contributed by atoms with Gasteiger partial charge in [-0.25, -0.2) is 4.79 Å². The van der Waals surface area contributed by atoms with E-state index >= 15 is 0 Å². The van der Waals surface area contributed by atoms with Crippen molar-refractivity contribution >= 4 is 5.97 Å². The smallest absolute Gasteiger partial charge is 0.338 e. The van der Waals surface area contributed by atoms with E-state index in [-0.39, 0.29) is 34.7 Å². The number of benzene rings is 2. The maximum atomic E-state index is 13.0. The van der Waals surface area contributed by atoms with Crippen LogP contribution in [-0.4, -0.2) is 23.2 Å². The van der Waals surface area contributed by atoms with Crippen molar-refractivity contribution in [2.45, 2.75) is 91.0 Å². The number of hydroxylamine groups is 2. The molecule has 4 heteroatoms. The zero-order valence-corrected chi connectivity index (χ0v) is 21.2. The van der Waals surface area contributed by atoms with E-state index in [1.807, 2.05) is 30.3 Å². The molecule has 0 radical (unpaired) electrons. The van der Waals surface area contributed by atoms with E-state index in [9.17, 15) is 4.79 Å². The topological polar surface area (TPSA) is 38.8 Å². The van der Waals surface area contributed by atoms with Gasteiger partial charge in [0.2, 0.25) is 0 Å². The molecule has 1 saturated carbocycles. The molecule has 0 N–H and O–H groups in total. The number of ether oxygens (including phenoxy) is 1. The molecule has 4 rings (SSSR count). The number of nitrogens with zero attached hydrogens (tertiary/aromatic N) is 1. The highest BCUT2D eigenvalue weighted by molar-refractivity contribution is 5.89. The summed E-state index contributed by atoms with van der Waals surface area (Å²) in [7, 11) is 0. The Kier molecular flexibility index (Phi) is 6.22. The molecular formula is C29H39NO3. The summed E-state index contributed by atoms with van der Waals surface area (Å²) in [5.74, 6) is 0.203. The van der Waals surface area contributed by atoms with Crippen molar-refractivity contribution in [3.63, 3.8) is 0 Å². The average molecular weight is 450 g/mol. The Morgan fingerprint density at radius 3 is 1.94 bits per heavy atom. The Balaban J connectivity index is 1.60. The van der Waals surface area contributed by atoms with Crippen molar-refractivity contribution in [2.24, 2.45) is 11.3 Å². The summed E-state index contributed by atoms with van der Waals surface area (Å²) < 4.78 is 6.15. The predicted molar refractivity (Wildman–Crippen MR) is 132 cm³/mol. The van der Waals surface area contributed by atoms with E-state index in [1.54, 1.807) is 0 Å². The fourth-order valence-electron chi connectivity index (χ4n) is 5.78. The number of esters is 1. The van der Waals surface area contributed by atoms with Crippen LogP contribution in [0.5, 0.6) is 0 Å². The van der Waals surface area contributed by atoms with Gasteiger partial charge in [-0.15, -0.1) is 0 Å². The Bertz CT molecular complexity index is 954. The lowest BCUT2D eigenvalue weighted by Crippen LogP contribution is -2.52. The number of hydrogen-bond acceptors (Lipinski definition) is 4. The van der Waals surface area contributed by atoms with Gasteiger partial charge in [-0.3, -0.25) is 4.84 Å². The fourth-order valence-corrected chi connectivity index (χ4v) is 5.78. The standard InChI is InChI=1S/C29H39NO3/c1-27(2,3)21-17-18-24(25(19-21)32-26(31)20-13-9-8-10-14-20)33-30-28(4,5)22-15-11-12-16-23(22)29(30,6)7/h8-16,21,24-25H,17-19H2,1-7H3/t21-,24+,25+/m0/s1. The molecule has 2 aliphatic rings. The summed E-state index contributed by atoms with van der Waals surface area (Å²) in [6.45, 7) is 15.7. The summed E-state index contributed by atoms with van der Waals surface area (Å²) in [4.78, 5) is 19.8. The van der Waals surface area contributed by atoms with Crippen LogP contribution >= 0.6 is 0 Å². The van der Waals surface area contributed by atoms with Gasteiger partial charge in [0.25, 0.3) is 0 Å². The Morgan fingerprint density at radius 1 is 0.848 bits per heavy atom. The number of hydrogen-bond donors (Lipinski definition) is 0. The van der Waals surface area contributed by atoms with Crippen LogP contribution in [0.3, 0.4) is 0 Å². The average Bonchev–Trinajstić information content (AvgIpc) is 2.92. The highest BCUT2D eigenvalue weighted by Crippen LogP contribution is 2.51. The zero-order chi connectivity index (χ0) is 24.0. The number of carbonyl (C=O) groups excluding carboxylic acids is 1. The van der Waals surface area contributed by atoms with E-state index in [0.717, 1.165) is 19.3 Å². The Morgan fingerprint density at radius 2 is 1.39 bits per heavy atom. The van der Waals surface area contributed by atoms with Gasteiger partial charge in [-0.1, -0.05) is 63.2 Å². The Hall–Kier alpha value is -2.17. The van der Waals surface area contributed by atoms with Crippen LogP contribution in [0.15, 0.2) is 54.6 Å². The molecule has 2 aromatic rings. The summed E-state index contributed by atoms with van der Waals surface area (Å²) in [5, 5.41) is 2.15. The van der Waals surface area contributed by atoms with Gasteiger partial charge < -0.3 is 4.74 Å². The van der Waals surface area contributed by atoms with Crippen molar-refractivity contribution in [3.05, 3.63) is 71.3 Å². The van der Waals surface area contributed by atoms with Crippen molar-refractivity contribution in [3.8, 4) is 0 Å². The van der Waals surface area contributed by atoms with E-state index < -0.39 is 0 Å². The van der Waals surface area contributed by atoms with Crippen LogP contribution in [-0.2, 0) is 20.7 Å². The first-order valence-electron chi connectivity index (χ1n) is 12.3. The maximum absolute atomic E-state index is 13.0. The van der Waals surface area contributed by atoms with Crippen LogP contribution in [0.4, 0.5) is 0 Å². The summed E-state index contributed by atoms with van der Waals surface area (Å²) in [5.41, 5.74) is 2.75. The molecule has 3 atom stereocenters.